The average Bonchev–Trinajstić information content (AvgIpc) is 4.03. The molecular formula is C46H55N11O7. The molecule has 2 fully saturated rings. The summed E-state index contributed by atoms with van der Waals surface area (Å²) in [5, 5.41) is 17.9. The molecule has 4 aromatic rings. The maximum absolute atomic E-state index is 14.9. The van der Waals surface area contributed by atoms with Crippen molar-refractivity contribution in [3.8, 4) is 0 Å². The van der Waals surface area contributed by atoms with E-state index in [0.29, 0.717) is 6.42 Å². The number of H-pyrrole nitrogens is 1. The first-order valence-electron chi connectivity index (χ1n) is 21.6. The lowest BCUT2D eigenvalue weighted by Crippen LogP contribution is -2.66. The van der Waals surface area contributed by atoms with Crippen LogP contribution >= 0.6 is 0 Å². The number of rotatable bonds is 11. The summed E-state index contributed by atoms with van der Waals surface area (Å²) in [6, 6.07) is 18.0. The predicted molar refractivity (Wildman–Crippen MR) is 238 cm³/mol. The second-order valence-corrected chi connectivity index (χ2v) is 16.7. The highest BCUT2D eigenvalue weighted by molar-refractivity contribution is 6.00. The molecule has 0 bridgehead atoms. The van der Waals surface area contributed by atoms with Gasteiger partial charge in [0.1, 0.15) is 35.7 Å². The van der Waals surface area contributed by atoms with Crippen LogP contribution in [0.1, 0.15) is 54.9 Å². The third-order valence-electron chi connectivity index (χ3n) is 12.1. The van der Waals surface area contributed by atoms with Gasteiger partial charge in [0, 0.05) is 69.3 Å². The van der Waals surface area contributed by atoms with Gasteiger partial charge in [-0.05, 0) is 54.0 Å². The van der Waals surface area contributed by atoms with Crippen LogP contribution in [0.2, 0.25) is 0 Å². The summed E-state index contributed by atoms with van der Waals surface area (Å²) in [6.07, 6.45) is 3.15. The second-order valence-electron chi connectivity index (χ2n) is 16.7. The molecule has 3 heterocycles. The lowest BCUT2D eigenvalue weighted by Gasteiger charge is -2.35. The van der Waals surface area contributed by atoms with Crippen molar-refractivity contribution in [2.45, 2.75) is 94.0 Å². The van der Waals surface area contributed by atoms with Crippen molar-refractivity contribution < 1.29 is 33.6 Å². The van der Waals surface area contributed by atoms with Gasteiger partial charge in [-0.15, -0.1) is 0 Å². The Morgan fingerprint density at radius 1 is 0.875 bits per heavy atom. The zero-order valence-corrected chi connectivity index (χ0v) is 35.7. The van der Waals surface area contributed by atoms with E-state index in [1.54, 1.807) is 30.5 Å². The Morgan fingerprint density at radius 3 is 2.30 bits per heavy atom. The quantitative estimate of drug-likeness (QED) is 0.0545. The van der Waals surface area contributed by atoms with Crippen LogP contribution in [0.5, 0.6) is 0 Å². The number of nitrogens with two attached hydrogens (primary N) is 2. The number of amides is 7. The van der Waals surface area contributed by atoms with E-state index in [0.717, 1.165) is 33.2 Å². The number of nitrogens with zero attached hydrogens (tertiary/aromatic N) is 2. The molecule has 2 aliphatic heterocycles. The van der Waals surface area contributed by atoms with Crippen LogP contribution in [0.25, 0.3) is 10.9 Å². The Hall–Kier alpha value is -7.24. The molecule has 7 rings (SSSR count). The largest absolute Gasteiger partial charge is 0.370 e. The Kier molecular flexibility index (Phi) is 13.9. The second kappa shape index (κ2) is 19.9. The van der Waals surface area contributed by atoms with E-state index in [2.05, 4.69) is 41.9 Å². The molecule has 18 heteroatoms. The fourth-order valence-electron chi connectivity index (χ4n) is 8.92. The molecule has 7 amide bonds. The van der Waals surface area contributed by atoms with E-state index in [9.17, 15) is 33.6 Å². The van der Waals surface area contributed by atoms with Crippen molar-refractivity contribution in [3.63, 3.8) is 0 Å². The van der Waals surface area contributed by atoms with Crippen LogP contribution in [0.4, 0.5) is 0 Å². The predicted octanol–water partition coefficient (Wildman–Crippen LogP) is -0.260. The van der Waals surface area contributed by atoms with Gasteiger partial charge < -0.3 is 53.3 Å². The Labute approximate surface area is 370 Å². The number of aromatic nitrogens is 1. The number of carbonyl (C=O) groups is 7. The third-order valence-corrected chi connectivity index (χ3v) is 12.1. The first-order valence-corrected chi connectivity index (χ1v) is 21.6. The van der Waals surface area contributed by atoms with Crippen LogP contribution in [-0.2, 0) is 59.2 Å². The maximum atomic E-state index is 14.9. The molecule has 2 saturated heterocycles. The molecule has 18 nitrogen and oxygen atoms in total. The Morgan fingerprint density at radius 2 is 1.58 bits per heavy atom. The molecule has 1 aliphatic carbocycles. The number of guanidine groups is 1. The van der Waals surface area contributed by atoms with Crippen LogP contribution in [-0.4, -0.2) is 113 Å². The van der Waals surface area contributed by atoms with Gasteiger partial charge in [0.15, 0.2) is 5.96 Å². The molecule has 5 atom stereocenters. The van der Waals surface area contributed by atoms with Gasteiger partial charge in [-0.1, -0.05) is 72.8 Å². The van der Waals surface area contributed by atoms with Gasteiger partial charge in [-0.25, -0.2) is 0 Å². The number of hydrogen-bond donors (Lipinski definition) is 9. The molecule has 1 spiro atoms. The summed E-state index contributed by atoms with van der Waals surface area (Å²) in [6.45, 7) is 1.14. The summed E-state index contributed by atoms with van der Waals surface area (Å²) in [4.78, 5) is 108. The smallest absolute Gasteiger partial charge is 0.247 e. The van der Waals surface area contributed by atoms with Crippen molar-refractivity contribution in [2.24, 2.45) is 16.5 Å². The number of aromatic amines is 1. The maximum Gasteiger partial charge on any atom is 0.247 e. The number of para-hydroxylation sites is 1. The van der Waals surface area contributed by atoms with Gasteiger partial charge in [-0.2, -0.15) is 0 Å². The lowest BCUT2D eigenvalue weighted by molar-refractivity contribution is -0.144. The highest BCUT2D eigenvalue weighted by Gasteiger charge is 2.49. The van der Waals surface area contributed by atoms with E-state index < -0.39 is 83.6 Å². The van der Waals surface area contributed by atoms with E-state index in [1.807, 2.05) is 54.6 Å². The SMILES string of the molecule is CC(=O)N[C@@H](Cc1ccccc1)C(=O)NC1CNC(=O)[C@H](CCCN=C(N)N)NC(=O)[C@H](Cc2c[nH]c3ccccc23)NC(=O)C2(Cc3ccccc3C2)NC(=O)C2CCCN2C1=O. The molecule has 2 unspecified atom stereocenters. The summed E-state index contributed by atoms with van der Waals surface area (Å²) < 4.78 is 0. The third kappa shape index (κ3) is 10.5. The van der Waals surface area contributed by atoms with Gasteiger partial charge in [-0.3, -0.25) is 38.6 Å². The monoisotopic (exact) mass is 873 g/mol. The Bertz CT molecular complexity index is 2410. The van der Waals surface area contributed by atoms with E-state index in [-0.39, 0.29) is 64.0 Å². The van der Waals surface area contributed by atoms with Crippen molar-refractivity contribution in [1.29, 1.82) is 0 Å². The van der Waals surface area contributed by atoms with Gasteiger partial charge in [0.25, 0.3) is 0 Å². The molecule has 3 aromatic carbocycles. The molecular weight excluding hydrogens is 819 g/mol. The summed E-state index contributed by atoms with van der Waals surface area (Å²) in [5.74, 6) is -4.51. The highest BCUT2D eigenvalue weighted by atomic mass is 16.2. The normalized spacial score (nSPS) is 21.8. The average molecular weight is 874 g/mol. The minimum Gasteiger partial charge on any atom is -0.370 e. The topological polar surface area (TPSA) is 275 Å². The molecule has 0 radical (unpaired) electrons. The zero-order chi connectivity index (χ0) is 45.4. The van der Waals surface area contributed by atoms with Crippen LogP contribution in [0.3, 0.4) is 0 Å². The fraction of sp³-hybridized carbons (Fsp3) is 0.391. The van der Waals surface area contributed by atoms with E-state index in [4.69, 9.17) is 11.5 Å². The minimum atomic E-state index is -1.55. The van der Waals surface area contributed by atoms with Gasteiger partial charge in [0.2, 0.25) is 41.4 Å². The minimum absolute atomic E-state index is 0.0261. The summed E-state index contributed by atoms with van der Waals surface area (Å²) in [5.41, 5.74) is 13.6. The zero-order valence-electron chi connectivity index (χ0n) is 35.7. The summed E-state index contributed by atoms with van der Waals surface area (Å²) in [7, 11) is 0. The lowest BCUT2D eigenvalue weighted by atomic mass is 9.92. The van der Waals surface area contributed by atoms with Crippen LogP contribution < -0.4 is 43.4 Å². The molecule has 0 saturated carbocycles. The molecule has 11 N–H and O–H groups in total. The Balaban J connectivity index is 1.26. The first kappa shape index (κ1) is 44.8. The molecule has 64 heavy (non-hydrogen) atoms. The fourth-order valence-corrected chi connectivity index (χ4v) is 8.92. The number of benzene rings is 3. The van der Waals surface area contributed by atoms with Crippen molar-refractivity contribution in [2.75, 3.05) is 19.6 Å². The molecule has 3 aliphatic rings. The van der Waals surface area contributed by atoms with Gasteiger partial charge in [0.05, 0.1) is 0 Å². The van der Waals surface area contributed by atoms with E-state index in [1.165, 1.54) is 11.8 Å². The number of hydrogen-bond acceptors (Lipinski definition) is 8. The number of aliphatic imine (C=N–C) groups is 1. The standard InChI is InChI=1S/C46H55N11O7/c1-27(58)52-35(21-28-11-3-2-4-12-28)40(60)54-37-26-51-39(59)34(17-9-19-49-45(47)48)53-41(61)36(22-31-25-50-33-16-8-7-15-32(31)33)55-44(64)46(23-29-13-5-6-14-30(29)24-46)56-42(62)38-18-10-20-57(38)43(37)63/h2-8,11-16,25,34-38,50H,9-10,17-24,26H2,1H3,(H,51,59)(H,52,58)(H,53,61)(H,54,60)(H,55,64)(H,56,62)(H4,47,48,49)/t34-,35-,36-,37?,38?/m0/s1. The highest BCUT2D eigenvalue weighted by Crippen LogP contribution is 2.32. The van der Waals surface area contributed by atoms with Crippen molar-refractivity contribution in [1.82, 2.24) is 41.8 Å². The van der Waals surface area contributed by atoms with Gasteiger partial charge >= 0.3 is 0 Å². The first-order chi connectivity index (χ1) is 30.8. The summed E-state index contributed by atoms with van der Waals surface area (Å²) >= 11 is 0. The molecule has 1 aromatic heterocycles. The van der Waals surface area contributed by atoms with E-state index >= 15 is 0 Å². The number of fused-ring (bicyclic) bond motifs is 3. The molecule has 336 valence electrons. The van der Waals surface area contributed by atoms with Crippen LogP contribution in [0.15, 0.2) is 90.1 Å². The van der Waals surface area contributed by atoms with Crippen molar-refractivity contribution in [3.05, 3.63) is 107 Å². The van der Waals surface area contributed by atoms with Crippen LogP contribution in [0, 0.1) is 0 Å². The number of carbonyl (C=O) groups excluding carboxylic acids is 7. The number of nitrogens with one attached hydrogen (secondary N) is 7. The van der Waals surface area contributed by atoms with Crippen molar-refractivity contribution >= 4 is 58.2 Å².